The van der Waals surface area contributed by atoms with Gasteiger partial charge in [0.15, 0.2) is 5.16 Å². The Hall–Kier alpha value is -2.80. The molecule has 0 aliphatic carbocycles. The zero-order valence-electron chi connectivity index (χ0n) is 14.2. The molecule has 1 heterocycles. The van der Waals surface area contributed by atoms with Crippen LogP contribution in [-0.2, 0) is 0 Å². The molecule has 134 valence electrons. The highest BCUT2D eigenvalue weighted by molar-refractivity contribution is 7.99. The van der Waals surface area contributed by atoms with Gasteiger partial charge in [0, 0.05) is 17.9 Å². The maximum atomic E-state index is 13.1. The Morgan fingerprint density at radius 1 is 1.27 bits per heavy atom. The third-order valence-electron chi connectivity index (χ3n) is 3.67. The molecule has 1 amide bonds. The number of H-pyrrole nitrogens is 1. The maximum absolute atomic E-state index is 13.1. The van der Waals surface area contributed by atoms with Crippen LogP contribution in [0.4, 0.5) is 4.39 Å². The van der Waals surface area contributed by atoms with E-state index in [0.717, 1.165) is 22.2 Å². The Bertz CT molecular complexity index is 881. The summed E-state index contributed by atoms with van der Waals surface area (Å²) in [5.41, 5.74) is 2.25. The molecule has 0 radical (unpaired) electrons. The van der Waals surface area contributed by atoms with E-state index in [1.807, 2.05) is 24.3 Å². The second-order valence-electron chi connectivity index (χ2n) is 5.45. The predicted octanol–water partition coefficient (Wildman–Crippen LogP) is 3.75. The number of ether oxygens (including phenoxy) is 1. The molecule has 0 unspecified atom stereocenters. The standard InChI is InChI=1S/C19H18FN3O2S/c1-25-16-7-5-13(6-8-16)17-12-22-19(23-17)26-10-9-21-18(24)14-3-2-4-15(20)11-14/h2-8,11-12H,9-10H2,1H3,(H,21,24)(H,22,23). The molecule has 26 heavy (non-hydrogen) atoms. The zero-order valence-corrected chi connectivity index (χ0v) is 15.0. The molecule has 2 aromatic carbocycles. The number of nitrogens with zero attached hydrogens (tertiary/aromatic N) is 1. The van der Waals surface area contributed by atoms with E-state index in [0.29, 0.717) is 17.9 Å². The lowest BCUT2D eigenvalue weighted by molar-refractivity contribution is 0.0955. The van der Waals surface area contributed by atoms with Gasteiger partial charge in [0.1, 0.15) is 11.6 Å². The maximum Gasteiger partial charge on any atom is 0.251 e. The fourth-order valence-corrected chi connectivity index (χ4v) is 3.04. The number of aromatic nitrogens is 2. The van der Waals surface area contributed by atoms with Crippen molar-refractivity contribution < 1.29 is 13.9 Å². The lowest BCUT2D eigenvalue weighted by atomic mass is 10.2. The summed E-state index contributed by atoms with van der Waals surface area (Å²) in [5, 5.41) is 3.54. The predicted molar refractivity (Wildman–Crippen MR) is 100 cm³/mol. The van der Waals surface area contributed by atoms with Gasteiger partial charge in [-0.2, -0.15) is 0 Å². The number of methoxy groups -OCH3 is 1. The Labute approximate surface area is 155 Å². The second kappa shape index (κ2) is 8.53. The van der Waals surface area contributed by atoms with Gasteiger partial charge in [0.2, 0.25) is 0 Å². The molecule has 1 aromatic heterocycles. The van der Waals surface area contributed by atoms with Crippen molar-refractivity contribution in [3.05, 3.63) is 66.1 Å². The Morgan fingerprint density at radius 3 is 2.81 bits per heavy atom. The van der Waals surface area contributed by atoms with Crippen LogP contribution in [0, 0.1) is 5.82 Å². The number of halogens is 1. The zero-order chi connectivity index (χ0) is 18.4. The van der Waals surface area contributed by atoms with Gasteiger partial charge in [0.05, 0.1) is 19.0 Å². The Balaban J connectivity index is 1.48. The number of hydrogen-bond donors (Lipinski definition) is 2. The van der Waals surface area contributed by atoms with Gasteiger partial charge in [-0.3, -0.25) is 4.79 Å². The summed E-state index contributed by atoms with van der Waals surface area (Å²) in [7, 11) is 1.63. The quantitative estimate of drug-likeness (QED) is 0.490. The van der Waals surface area contributed by atoms with Crippen molar-refractivity contribution >= 4 is 17.7 Å². The van der Waals surface area contributed by atoms with Gasteiger partial charge in [-0.1, -0.05) is 17.8 Å². The summed E-state index contributed by atoms with van der Waals surface area (Å²) in [5.74, 6) is 0.741. The van der Waals surface area contributed by atoms with Crippen LogP contribution in [-0.4, -0.2) is 35.3 Å². The largest absolute Gasteiger partial charge is 0.497 e. The van der Waals surface area contributed by atoms with E-state index in [9.17, 15) is 9.18 Å². The number of carbonyl (C=O) groups excluding carboxylic acids is 1. The highest BCUT2D eigenvalue weighted by atomic mass is 32.2. The van der Waals surface area contributed by atoms with Crippen LogP contribution in [0.3, 0.4) is 0 Å². The van der Waals surface area contributed by atoms with Crippen molar-refractivity contribution in [1.82, 2.24) is 15.3 Å². The van der Waals surface area contributed by atoms with Crippen LogP contribution in [0.15, 0.2) is 59.9 Å². The van der Waals surface area contributed by atoms with Crippen molar-refractivity contribution in [3.8, 4) is 17.0 Å². The number of imidazole rings is 1. The van der Waals surface area contributed by atoms with E-state index in [4.69, 9.17) is 4.74 Å². The summed E-state index contributed by atoms with van der Waals surface area (Å²) in [6.07, 6.45) is 1.77. The number of benzene rings is 2. The van der Waals surface area contributed by atoms with Crippen molar-refractivity contribution in [2.75, 3.05) is 19.4 Å². The number of carbonyl (C=O) groups is 1. The summed E-state index contributed by atoms with van der Waals surface area (Å²) in [6, 6.07) is 13.3. The average molecular weight is 371 g/mol. The van der Waals surface area contributed by atoms with Crippen LogP contribution >= 0.6 is 11.8 Å². The minimum Gasteiger partial charge on any atom is -0.497 e. The van der Waals surface area contributed by atoms with E-state index < -0.39 is 5.82 Å². The van der Waals surface area contributed by atoms with E-state index in [-0.39, 0.29) is 5.91 Å². The van der Waals surface area contributed by atoms with Crippen molar-refractivity contribution in [2.24, 2.45) is 0 Å². The number of thioether (sulfide) groups is 1. The van der Waals surface area contributed by atoms with Crippen molar-refractivity contribution in [1.29, 1.82) is 0 Å². The number of hydrogen-bond acceptors (Lipinski definition) is 4. The first kappa shape index (κ1) is 18.0. The molecular formula is C19H18FN3O2S. The van der Waals surface area contributed by atoms with E-state index in [2.05, 4.69) is 15.3 Å². The van der Waals surface area contributed by atoms with Gasteiger partial charge in [-0.15, -0.1) is 0 Å². The molecule has 0 aliphatic rings. The van der Waals surface area contributed by atoms with Crippen LogP contribution in [0.1, 0.15) is 10.4 Å². The molecular weight excluding hydrogens is 353 g/mol. The molecule has 3 aromatic rings. The number of aromatic amines is 1. The summed E-state index contributed by atoms with van der Waals surface area (Å²) < 4.78 is 18.3. The Morgan fingerprint density at radius 2 is 2.08 bits per heavy atom. The van der Waals surface area contributed by atoms with E-state index in [1.165, 1.54) is 30.0 Å². The molecule has 0 saturated carbocycles. The van der Waals surface area contributed by atoms with Gasteiger partial charge < -0.3 is 15.0 Å². The lowest BCUT2D eigenvalue weighted by Crippen LogP contribution is -2.25. The molecule has 0 saturated heterocycles. The number of amides is 1. The summed E-state index contributed by atoms with van der Waals surface area (Å²) in [4.78, 5) is 19.5. The molecule has 2 N–H and O–H groups in total. The van der Waals surface area contributed by atoms with Gasteiger partial charge in [-0.25, -0.2) is 9.37 Å². The molecule has 0 atom stereocenters. The first-order valence-corrected chi connectivity index (χ1v) is 9.00. The van der Waals surface area contributed by atoms with Gasteiger partial charge in [-0.05, 0) is 48.0 Å². The number of rotatable bonds is 7. The van der Waals surface area contributed by atoms with Crippen LogP contribution in [0.25, 0.3) is 11.3 Å². The summed E-state index contributed by atoms with van der Waals surface area (Å²) in [6.45, 7) is 0.457. The second-order valence-corrected chi connectivity index (χ2v) is 6.53. The smallest absolute Gasteiger partial charge is 0.251 e. The molecule has 5 nitrogen and oxygen atoms in total. The first-order valence-electron chi connectivity index (χ1n) is 8.02. The van der Waals surface area contributed by atoms with Crippen LogP contribution < -0.4 is 10.1 Å². The molecule has 0 aliphatic heterocycles. The van der Waals surface area contributed by atoms with Crippen LogP contribution in [0.5, 0.6) is 5.75 Å². The third kappa shape index (κ3) is 4.64. The molecule has 0 bridgehead atoms. The topological polar surface area (TPSA) is 67.0 Å². The van der Waals surface area contributed by atoms with E-state index in [1.54, 1.807) is 19.4 Å². The van der Waals surface area contributed by atoms with Crippen molar-refractivity contribution in [3.63, 3.8) is 0 Å². The van der Waals surface area contributed by atoms with Gasteiger partial charge in [0.25, 0.3) is 5.91 Å². The average Bonchev–Trinajstić information content (AvgIpc) is 3.14. The SMILES string of the molecule is COc1ccc(-c2cnc(SCCNC(=O)c3cccc(F)c3)[nH]2)cc1. The summed E-state index contributed by atoms with van der Waals surface area (Å²) >= 11 is 1.50. The fourth-order valence-electron chi connectivity index (χ4n) is 2.34. The van der Waals surface area contributed by atoms with Gasteiger partial charge >= 0.3 is 0 Å². The molecule has 0 spiro atoms. The third-order valence-corrected chi connectivity index (χ3v) is 4.56. The number of nitrogens with one attached hydrogen (secondary N) is 2. The molecule has 0 fully saturated rings. The normalized spacial score (nSPS) is 10.5. The fraction of sp³-hybridized carbons (Fsp3) is 0.158. The first-order chi connectivity index (χ1) is 12.7. The Kier molecular flexibility index (Phi) is 5.91. The molecule has 7 heteroatoms. The highest BCUT2D eigenvalue weighted by Crippen LogP contribution is 2.23. The highest BCUT2D eigenvalue weighted by Gasteiger charge is 2.07. The minimum absolute atomic E-state index is 0.288. The van der Waals surface area contributed by atoms with Crippen LogP contribution in [0.2, 0.25) is 0 Å². The lowest BCUT2D eigenvalue weighted by Gasteiger charge is -2.04. The van der Waals surface area contributed by atoms with E-state index >= 15 is 0 Å². The monoisotopic (exact) mass is 371 g/mol. The minimum atomic E-state index is -0.423. The molecule has 3 rings (SSSR count). The van der Waals surface area contributed by atoms with Crippen molar-refractivity contribution in [2.45, 2.75) is 5.16 Å².